The molecule has 1 N–H and O–H groups in total. The van der Waals surface area contributed by atoms with Crippen molar-refractivity contribution in [2.24, 2.45) is 0 Å². The van der Waals surface area contributed by atoms with E-state index in [-0.39, 0.29) is 6.61 Å². The van der Waals surface area contributed by atoms with Crippen LogP contribution in [0.4, 0.5) is 4.79 Å². The largest absolute Gasteiger partial charge is 0.490 e. The predicted octanol–water partition coefficient (Wildman–Crippen LogP) is 6.18. The number of alkyl carbamates (subject to hydrolysis) is 1. The molecular weight excluding hydrogens is 362 g/mol. The summed E-state index contributed by atoms with van der Waals surface area (Å²) in [5.41, 5.74) is 4.57. The molecule has 0 saturated heterocycles. The lowest BCUT2D eigenvalue weighted by Gasteiger charge is -2.27. The van der Waals surface area contributed by atoms with Gasteiger partial charge >= 0.3 is 6.09 Å². The smallest absolute Gasteiger partial charge is 0.408 e. The first-order valence-electron chi connectivity index (χ1n) is 9.72. The Kier molecular flexibility index (Phi) is 7.27. The number of carbonyl (C=O) groups excluding carboxylic acids is 1. The summed E-state index contributed by atoms with van der Waals surface area (Å²) >= 11 is 0. The van der Waals surface area contributed by atoms with Gasteiger partial charge in [-0.3, -0.25) is 0 Å². The zero-order chi connectivity index (χ0) is 21.6. The van der Waals surface area contributed by atoms with Gasteiger partial charge in [0.15, 0.2) is 0 Å². The van der Waals surface area contributed by atoms with E-state index in [4.69, 9.17) is 9.47 Å². The second kappa shape index (κ2) is 9.46. The summed E-state index contributed by atoms with van der Waals surface area (Å²) in [5, 5.41) is 2.92. The van der Waals surface area contributed by atoms with Gasteiger partial charge in [-0.1, -0.05) is 60.7 Å². The normalized spacial score (nSPS) is 12.0. The summed E-state index contributed by atoms with van der Waals surface area (Å²) in [6.45, 7) is 17.7. The quantitative estimate of drug-likeness (QED) is 0.582. The Bertz CT molecular complexity index is 864. The van der Waals surface area contributed by atoms with Crippen molar-refractivity contribution in [3.8, 4) is 5.75 Å². The maximum absolute atomic E-state index is 12.3. The Morgan fingerprint density at radius 1 is 0.966 bits per heavy atom. The van der Waals surface area contributed by atoms with Gasteiger partial charge in [-0.25, -0.2) is 4.79 Å². The number of carbonyl (C=O) groups is 1. The van der Waals surface area contributed by atoms with Crippen LogP contribution in [0.25, 0.3) is 11.1 Å². The number of amides is 1. The highest BCUT2D eigenvalue weighted by atomic mass is 16.6. The number of nitrogens with one attached hydrogen (secondary N) is 1. The van der Waals surface area contributed by atoms with Gasteiger partial charge in [-0.15, -0.1) is 0 Å². The standard InChI is InChI=1S/C25H31NO3/c1-17(2)20-8-12-22(13-9-20)25(6,7)26-24(27)29-19(5)16-28-23-14-10-21(11-15-23)18(3)4/h8-15,19H,1,3,16H2,2,4-7H3,(H,26,27). The molecule has 0 fully saturated rings. The zero-order valence-electron chi connectivity index (χ0n) is 18.0. The first kappa shape index (κ1) is 22.3. The molecule has 0 aliphatic carbocycles. The molecular formula is C25H31NO3. The van der Waals surface area contributed by atoms with Gasteiger partial charge in [-0.2, -0.15) is 0 Å². The minimum absolute atomic E-state index is 0.271. The van der Waals surface area contributed by atoms with Crippen LogP contribution < -0.4 is 10.1 Å². The van der Waals surface area contributed by atoms with E-state index in [2.05, 4.69) is 18.5 Å². The fourth-order valence-corrected chi connectivity index (χ4v) is 2.79. The Hall–Kier alpha value is -3.01. The third-order valence-electron chi connectivity index (χ3n) is 4.65. The van der Waals surface area contributed by atoms with E-state index in [9.17, 15) is 4.79 Å². The van der Waals surface area contributed by atoms with Crippen molar-refractivity contribution in [1.82, 2.24) is 5.32 Å². The molecule has 1 atom stereocenters. The van der Waals surface area contributed by atoms with Crippen molar-refractivity contribution in [2.45, 2.75) is 46.3 Å². The second-order valence-electron chi connectivity index (χ2n) is 7.94. The average molecular weight is 394 g/mol. The first-order valence-corrected chi connectivity index (χ1v) is 9.72. The average Bonchev–Trinajstić information content (AvgIpc) is 2.66. The van der Waals surface area contributed by atoms with Crippen LogP contribution in [0.2, 0.25) is 0 Å². The van der Waals surface area contributed by atoms with Gasteiger partial charge in [0, 0.05) is 0 Å². The van der Waals surface area contributed by atoms with Crippen molar-refractivity contribution in [1.29, 1.82) is 0 Å². The topological polar surface area (TPSA) is 47.6 Å². The van der Waals surface area contributed by atoms with E-state index in [0.717, 1.165) is 33.6 Å². The lowest BCUT2D eigenvalue weighted by atomic mass is 9.93. The number of rotatable bonds is 8. The highest BCUT2D eigenvalue weighted by Crippen LogP contribution is 2.23. The van der Waals surface area contributed by atoms with Crippen molar-refractivity contribution < 1.29 is 14.3 Å². The van der Waals surface area contributed by atoms with Gasteiger partial charge in [0.05, 0.1) is 5.54 Å². The Morgan fingerprint density at radius 2 is 1.45 bits per heavy atom. The third kappa shape index (κ3) is 6.53. The fourth-order valence-electron chi connectivity index (χ4n) is 2.79. The predicted molar refractivity (Wildman–Crippen MR) is 120 cm³/mol. The number of benzene rings is 2. The Labute approximate surface area is 174 Å². The summed E-state index contributed by atoms with van der Waals surface area (Å²) in [6, 6.07) is 15.7. The summed E-state index contributed by atoms with van der Waals surface area (Å²) in [6.07, 6.45) is -0.870. The molecule has 0 aliphatic rings. The third-order valence-corrected chi connectivity index (χ3v) is 4.65. The molecule has 29 heavy (non-hydrogen) atoms. The van der Waals surface area contributed by atoms with Gasteiger partial charge < -0.3 is 14.8 Å². The number of allylic oxidation sites excluding steroid dienone is 2. The highest BCUT2D eigenvalue weighted by Gasteiger charge is 2.24. The Morgan fingerprint density at radius 3 is 1.93 bits per heavy atom. The zero-order valence-corrected chi connectivity index (χ0v) is 18.0. The molecule has 1 amide bonds. The molecule has 0 aliphatic heterocycles. The van der Waals surface area contributed by atoms with Crippen LogP contribution >= 0.6 is 0 Å². The molecule has 0 spiro atoms. The van der Waals surface area contributed by atoms with E-state index in [1.54, 1.807) is 6.92 Å². The van der Waals surface area contributed by atoms with E-state index in [1.165, 1.54) is 0 Å². The molecule has 1 unspecified atom stereocenters. The van der Waals surface area contributed by atoms with Crippen molar-refractivity contribution in [3.05, 3.63) is 78.4 Å². The number of hydrogen-bond donors (Lipinski definition) is 1. The van der Waals surface area contributed by atoms with E-state index in [0.29, 0.717) is 0 Å². The second-order valence-corrected chi connectivity index (χ2v) is 7.94. The van der Waals surface area contributed by atoms with E-state index >= 15 is 0 Å². The van der Waals surface area contributed by atoms with Crippen LogP contribution in [-0.2, 0) is 10.3 Å². The van der Waals surface area contributed by atoms with E-state index in [1.807, 2.05) is 76.2 Å². The molecule has 2 aromatic rings. The first-order chi connectivity index (χ1) is 13.6. The van der Waals surface area contributed by atoms with Gasteiger partial charge in [-0.05, 0) is 63.4 Å². The molecule has 154 valence electrons. The van der Waals surface area contributed by atoms with Gasteiger partial charge in [0.1, 0.15) is 18.5 Å². The maximum Gasteiger partial charge on any atom is 0.408 e. The summed E-state index contributed by atoms with van der Waals surface area (Å²) in [4.78, 5) is 12.3. The fraction of sp³-hybridized carbons (Fsp3) is 0.320. The number of hydrogen-bond acceptors (Lipinski definition) is 3. The van der Waals surface area contributed by atoms with Crippen LogP contribution in [0.5, 0.6) is 5.75 Å². The lowest BCUT2D eigenvalue weighted by molar-refractivity contribution is 0.0696. The van der Waals surface area contributed by atoms with Crippen molar-refractivity contribution in [2.75, 3.05) is 6.61 Å². The SMILES string of the molecule is C=C(C)c1ccc(OCC(C)OC(=O)NC(C)(C)c2ccc(C(=C)C)cc2)cc1. The molecule has 0 aromatic heterocycles. The summed E-state index contributed by atoms with van der Waals surface area (Å²) < 4.78 is 11.2. The Balaban J connectivity index is 1.86. The van der Waals surface area contributed by atoms with Crippen molar-refractivity contribution in [3.63, 3.8) is 0 Å². The van der Waals surface area contributed by atoms with Gasteiger partial charge in [0.25, 0.3) is 0 Å². The van der Waals surface area contributed by atoms with Crippen LogP contribution in [0.15, 0.2) is 61.7 Å². The molecule has 2 aromatic carbocycles. The van der Waals surface area contributed by atoms with Crippen LogP contribution in [0.1, 0.15) is 51.3 Å². The van der Waals surface area contributed by atoms with Crippen LogP contribution in [0.3, 0.4) is 0 Å². The monoisotopic (exact) mass is 393 g/mol. The molecule has 2 rings (SSSR count). The minimum atomic E-state index is -0.566. The summed E-state index contributed by atoms with van der Waals surface area (Å²) in [7, 11) is 0. The maximum atomic E-state index is 12.3. The van der Waals surface area contributed by atoms with E-state index < -0.39 is 17.7 Å². The van der Waals surface area contributed by atoms with Crippen molar-refractivity contribution >= 4 is 17.2 Å². The lowest BCUT2D eigenvalue weighted by Crippen LogP contribution is -2.42. The van der Waals surface area contributed by atoms with Crippen LogP contribution in [0, 0.1) is 0 Å². The number of ether oxygens (including phenoxy) is 2. The highest BCUT2D eigenvalue weighted by molar-refractivity contribution is 5.69. The molecule has 0 saturated carbocycles. The summed E-state index contributed by atoms with van der Waals surface area (Å²) in [5.74, 6) is 0.726. The molecule has 4 heteroatoms. The molecule has 0 radical (unpaired) electrons. The molecule has 4 nitrogen and oxygen atoms in total. The molecule has 0 bridgehead atoms. The minimum Gasteiger partial charge on any atom is -0.490 e. The van der Waals surface area contributed by atoms with Gasteiger partial charge in [0.2, 0.25) is 0 Å². The molecule has 0 heterocycles. The van der Waals surface area contributed by atoms with Crippen LogP contribution in [-0.4, -0.2) is 18.8 Å².